The fourth-order valence-electron chi connectivity index (χ4n) is 10.8. The molecule has 2 aliphatic rings. The molecule has 1 spiro atoms. The Morgan fingerprint density at radius 1 is 0.400 bits per heavy atom. The predicted molar refractivity (Wildman–Crippen MR) is 267 cm³/mol. The van der Waals surface area contributed by atoms with E-state index >= 15 is 0 Å². The highest BCUT2D eigenvalue weighted by Gasteiger charge is 2.51. The maximum atomic E-state index is 7.22. The summed E-state index contributed by atoms with van der Waals surface area (Å²) < 4.78 is 9.70. The number of aromatic nitrogens is 3. The van der Waals surface area contributed by atoms with E-state index in [0.717, 1.165) is 83.6 Å². The highest BCUT2D eigenvalue weighted by Crippen LogP contribution is 2.63. The minimum absolute atomic E-state index is 0.572. The molecule has 14 rings (SSSR count). The van der Waals surface area contributed by atoms with Crippen LogP contribution in [0.25, 0.3) is 98.1 Å². The Hall–Kier alpha value is -8.25. The van der Waals surface area contributed by atoms with E-state index in [9.17, 15) is 0 Å². The summed E-state index contributed by atoms with van der Waals surface area (Å²) in [4.78, 5) is 16.0. The number of rotatable bonds is 4. The molecule has 12 aromatic rings. The average molecular weight is 846 g/mol. The van der Waals surface area contributed by atoms with Gasteiger partial charge in [-0.3, -0.25) is 0 Å². The fraction of sp³-hybridized carbons (Fsp3) is 0.0167. The van der Waals surface area contributed by atoms with Crippen molar-refractivity contribution in [1.29, 1.82) is 0 Å². The maximum absolute atomic E-state index is 7.22. The smallest absolute Gasteiger partial charge is 0.160 e. The van der Waals surface area contributed by atoms with Gasteiger partial charge in [-0.05, 0) is 52.6 Å². The van der Waals surface area contributed by atoms with Gasteiger partial charge in [-0.2, -0.15) is 0 Å². The molecule has 0 radical (unpaired) electrons. The topological polar surface area (TPSA) is 47.9 Å². The van der Waals surface area contributed by atoms with Gasteiger partial charge in [-0.1, -0.05) is 182 Å². The molecule has 65 heavy (non-hydrogen) atoms. The standard InChI is InChI=1S/C60H35N3OS/c1-2-16-36(17-3-1)59-62-51(35-52(63-59)44-25-15-24-42-41-22-7-13-31-54(41)65-58(42)44)37-18-14-19-38(34-37)56-45-32-33-49-57(55(45)43-23-6-11-29-50(43)61-56)64-53-30-12-10-28-48(53)60(49)46-26-8-4-20-39(46)40-21-5-9-27-47(40)60/h1-35H. The van der Waals surface area contributed by atoms with E-state index in [1.807, 2.05) is 29.5 Å². The Morgan fingerprint density at radius 3 is 1.88 bits per heavy atom. The minimum atomic E-state index is -0.572. The highest BCUT2D eigenvalue weighted by atomic mass is 32.1. The lowest BCUT2D eigenvalue weighted by Crippen LogP contribution is -2.32. The second-order valence-electron chi connectivity index (χ2n) is 17.0. The van der Waals surface area contributed by atoms with E-state index < -0.39 is 5.41 Å². The van der Waals surface area contributed by atoms with Gasteiger partial charge < -0.3 is 4.74 Å². The Kier molecular flexibility index (Phi) is 7.74. The lowest BCUT2D eigenvalue weighted by molar-refractivity contribution is 0.442. The highest BCUT2D eigenvalue weighted by molar-refractivity contribution is 7.26. The molecule has 0 N–H and O–H groups in total. The molecule has 0 bridgehead atoms. The van der Waals surface area contributed by atoms with Crippen molar-refractivity contribution in [3.05, 3.63) is 235 Å². The average Bonchev–Trinajstić information content (AvgIpc) is 3.90. The normalized spacial score (nSPS) is 13.2. The third kappa shape index (κ3) is 5.21. The molecular formula is C60H35N3OS. The van der Waals surface area contributed by atoms with Crippen LogP contribution in [0.5, 0.6) is 11.5 Å². The van der Waals surface area contributed by atoms with Gasteiger partial charge in [-0.15, -0.1) is 11.3 Å². The maximum Gasteiger partial charge on any atom is 0.160 e. The lowest BCUT2D eigenvalue weighted by Gasteiger charge is -2.40. The summed E-state index contributed by atoms with van der Waals surface area (Å²) in [7, 11) is 0. The predicted octanol–water partition coefficient (Wildman–Crippen LogP) is 15.7. The molecule has 0 amide bonds. The summed E-state index contributed by atoms with van der Waals surface area (Å²) in [6, 6.07) is 75.7. The Bertz CT molecular complexity index is 3900. The number of nitrogens with zero attached hydrogens (tertiary/aromatic N) is 3. The van der Waals surface area contributed by atoms with Crippen LogP contribution in [0.15, 0.2) is 212 Å². The quantitative estimate of drug-likeness (QED) is 0.166. The molecule has 4 nitrogen and oxygen atoms in total. The molecule has 0 saturated carbocycles. The third-order valence-corrected chi connectivity index (χ3v) is 14.8. The van der Waals surface area contributed by atoms with Crippen molar-refractivity contribution in [2.24, 2.45) is 0 Å². The number of hydrogen-bond donors (Lipinski definition) is 0. The van der Waals surface area contributed by atoms with Crippen molar-refractivity contribution >= 4 is 53.2 Å². The van der Waals surface area contributed by atoms with Crippen LogP contribution in [0, 0.1) is 0 Å². The summed E-state index contributed by atoms with van der Waals surface area (Å²) in [6.45, 7) is 0. The van der Waals surface area contributed by atoms with Crippen molar-refractivity contribution in [3.63, 3.8) is 0 Å². The lowest BCUT2D eigenvalue weighted by atomic mass is 9.65. The second-order valence-corrected chi connectivity index (χ2v) is 18.0. The zero-order valence-electron chi connectivity index (χ0n) is 34.9. The summed E-state index contributed by atoms with van der Waals surface area (Å²) in [5.74, 6) is 2.42. The zero-order chi connectivity index (χ0) is 42.6. The third-order valence-electron chi connectivity index (χ3n) is 13.5. The van der Waals surface area contributed by atoms with Gasteiger partial charge in [0.15, 0.2) is 5.82 Å². The Balaban J connectivity index is 0.995. The molecule has 0 atom stereocenters. The van der Waals surface area contributed by atoms with Crippen LogP contribution in [-0.4, -0.2) is 15.0 Å². The van der Waals surface area contributed by atoms with Crippen LogP contribution >= 0.6 is 11.3 Å². The molecule has 0 saturated heterocycles. The minimum Gasteiger partial charge on any atom is -0.456 e. The van der Waals surface area contributed by atoms with Crippen molar-refractivity contribution in [2.45, 2.75) is 5.41 Å². The van der Waals surface area contributed by atoms with Gasteiger partial charge in [-0.25, -0.2) is 15.0 Å². The summed E-state index contributed by atoms with van der Waals surface area (Å²) in [6.07, 6.45) is 0. The van der Waals surface area contributed by atoms with Gasteiger partial charge in [0, 0.05) is 69.7 Å². The molecule has 4 heterocycles. The van der Waals surface area contributed by atoms with Crippen LogP contribution in [0.3, 0.4) is 0 Å². The second kappa shape index (κ2) is 13.9. The first-order valence-electron chi connectivity index (χ1n) is 22.0. The van der Waals surface area contributed by atoms with Crippen LogP contribution in [0.1, 0.15) is 22.3 Å². The Morgan fingerprint density at radius 2 is 1.03 bits per heavy atom. The SMILES string of the molecule is c1ccc(-c2nc(-c3cccc(-c4nc5ccccc5c5c6c(ccc45)C4(c5ccccc5O6)c5ccccc5-c5ccccc54)c3)cc(-c3cccc4c3sc3ccccc34)n2)cc1. The first-order valence-corrected chi connectivity index (χ1v) is 22.8. The van der Waals surface area contributed by atoms with Crippen LogP contribution in [0.4, 0.5) is 0 Å². The number of para-hydroxylation sites is 2. The van der Waals surface area contributed by atoms with Crippen molar-refractivity contribution in [2.75, 3.05) is 0 Å². The number of benzene rings is 9. The number of pyridine rings is 1. The molecule has 0 fully saturated rings. The molecule has 9 aromatic carbocycles. The molecule has 3 aromatic heterocycles. The van der Waals surface area contributed by atoms with E-state index in [4.69, 9.17) is 19.7 Å². The van der Waals surface area contributed by atoms with E-state index in [2.05, 4.69) is 194 Å². The first kappa shape index (κ1) is 36.3. The van der Waals surface area contributed by atoms with Crippen LogP contribution in [0.2, 0.25) is 0 Å². The molecule has 5 heteroatoms. The molecular weight excluding hydrogens is 811 g/mol. The van der Waals surface area contributed by atoms with Crippen molar-refractivity contribution in [3.8, 4) is 67.8 Å². The summed E-state index contributed by atoms with van der Waals surface area (Å²) in [5.41, 5.74) is 14.3. The van der Waals surface area contributed by atoms with Crippen molar-refractivity contribution in [1.82, 2.24) is 15.0 Å². The number of ether oxygens (including phenoxy) is 1. The van der Waals surface area contributed by atoms with Crippen LogP contribution in [-0.2, 0) is 5.41 Å². The number of thiophene rings is 1. The fourth-order valence-corrected chi connectivity index (χ4v) is 12.0. The monoisotopic (exact) mass is 845 g/mol. The van der Waals surface area contributed by atoms with Crippen LogP contribution < -0.4 is 4.74 Å². The van der Waals surface area contributed by atoms with Crippen molar-refractivity contribution < 1.29 is 4.74 Å². The van der Waals surface area contributed by atoms with E-state index in [-0.39, 0.29) is 0 Å². The van der Waals surface area contributed by atoms with Gasteiger partial charge in [0.25, 0.3) is 0 Å². The van der Waals surface area contributed by atoms with Gasteiger partial charge in [0.1, 0.15) is 11.5 Å². The summed E-state index contributed by atoms with van der Waals surface area (Å²) >= 11 is 1.81. The summed E-state index contributed by atoms with van der Waals surface area (Å²) in [5, 5.41) is 5.63. The molecule has 1 aliphatic carbocycles. The largest absolute Gasteiger partial charge is 0.456 e. The van der Waals surface area contributed by atoms with E-state index in [0.29, 0.717) is 5.82 Å². The Labute approximate surface area is 378 Å². The van der Waals surface area contributed by atoms with Gasteiger partial charge >= 0.3 is 0 Å². The first-order chi connectivity index (χ1) is 32.2. The number of fused-ring (bicyclic) bond motifs is 16. The van der Waals surface area contributed by atoms with E-state index in [1.54, 1.807) is 0 Å². The molecule has 302 valence electrons. The molecule has 1 aliphatic heterocycles. The molecule has 0 unspecified atom stereocenters. The van der Waals surface area contributed by atoms with Gasteiger partial charge in [0.2, 0.25) is 0 Å². The number of hydrogen-bond acceptors (Lipinski definition) is 5. The van der Waals surface area contributed by atoms with Gasteiger partial charge in [0.05, 0.1) is 28.0 Å². The van der Waals surface area contributed by atoms with E-state index in [1.165, 1.54) is 42.4 Å². The zero-order valence-corrected chi connectivity index (χ0v) is 35.7.